The first kappa shape index (κ1) is 27.2. The third-order valence-corrected chi connectivity index (χ3v) is 5.64. The summed E-state index contributed by atoms with van der Waals surface area (Å²) in [4.78, 5) is 11.5. The standard InChI is InChI=1S/C26H32N6O3.ClH/c1-17(2)27-13-21(33)16-32(20-8-22(34-4)11-23(9-20)35-5)19-6-7-24-25(10-19)30-26(14-28-24)18-12-29-31(3)15-18;/h6-12,14-15,17,21,27,33H,13,16H2,1-5H3;1H/t21-;/m0./s1. The highest BCUT2D eigenvalue weighted by Gasteiger charge is 2.18. The summed E-state index contributed by atoms with van der Waals surface area (Å²) in [5.74, 6) is 1.33. The van der Waals surface area contributed by atoms with Crippen LogP contribution >= 0.6 is 12.4 Å². The predicted octanol–water partition coefficient (Wildman–Crippen LogP) is 3.97. The Bertz CT molecular complexity index is 1270. The Labute approximate surface area is 217 Å². The zero-order valence-corrected chi connectivity index (χ0v) is 22.0. The first-order valence-corrected chi connectivity index (χ1v) is 11.5. The number of halogens is 1. The van der Waals surface area contributed by atoms with Crippen LogP contribution in [0.2, 0.25) is 0 Å². The lowest BCUT2D eigenvalue weighted by molar-refractivity contribution is 0.176. The van der Waals surface area contributed by atoms with Crippen LogP contribution in [0.4, 0.5) is 11.4 Å². The lowest BCUT2D eigenvalue weighted by Crippen LogP contribution is -2.38. The second-order valence-corrected chi connectivity index (χ2v) is 8.73. The molecule has 2 N–H and O–H groups in total. The van der Waals surface area contributed by atoms with E-state index >= 15 is 0 Å². The number of nitrogens with one attached hydrogen (secondary N) is 1. The van der Waals surface area contributed by atoms with E-state index in [4.69, 9.17) is 14.5 Å². The fourth-order valence-corrected chi connectivity index (χ4v) is 3.82. The SMILES string of the molecule is COc1cc(OC)cc(N(C[C@@H](O)CNC(C)C)c2ccc3ncc(-c4cnn(C)c4)nc3c2)c1.Cl. The van der Waals surface area contributed by atoms with Crippen LogP contribution in [0.3, 0.4) is 0 Å². The molecule has 0 radical (unpaired) electrons. The second kappa shape index (κ2) is 12.0. The van der Waals surface area contributed by atoms with Crippen LogP contribution in [-0.2, 0) is 7.05 Å². The molecule has 0 bridgehead atoms. The zero-order valence-electron chi connectivity index (χ0n) is 21.2. The number of aliphatic hydroxyl groups excluding tert-OH is 1. The van der Waals surface area contributed by atoms with Gasteiger partial charge in [-0.05, 0) is 18.2 Å². The van der Waals surface area contributed by atoms with Crippen LogP contribution in [0.25, 0.3) is 22.3 Å². The van der Waals surface area contributed by atoms with E-state index in [0.29, 0.717) is 24.6 Å². The molecule has 0 aliphatic carbocycles. The molecule has 0 aliphatic rings. The van der Waals surface area contributed by atoms with Gasteiger partial charge in [0, 0.05) is 61.0 Å². The third-order valence-electron chi connectivity index (χ3n) is 5.64. The number of hydrogen-bond acceptors (Lipinski definition) is 8. The Morgan fingerprint density at radius 1 is 1.00 bits per heavy atom. The van der Waals surface area contributed by atoms with Crippen LogP contribution in [-0.4, -0.2) is 64.3 Å². The highest BCUT2D eigenvalue weighted by atomic mass is 35.5. The van der Waals surface area contributed by atoms with Gasteiger partial charge in [-0.2, -0.15) is 5.10 Å². The van der Waals surface area contributed by atoms with Gasteiger partial charge in [0.2, 0.25) is 0 Å². The van der Waals surface area contributed by atoms with E-state index in [1.54, 1.807) is 31.3 Å². The van der Waals surface area contributed by atoms with Crippen molar-refractivity contribution in [1.29, 1.82) is 0 Å². The average Bonchev–Trinajstić information content (AvgIpc) is 3.31. The minimum atomic E-state index is -0.613. The van der Waals surface area contributed by atoms with E-state index in [2.05, 4.69) is 29.2 Å². The van der Waals surface area contributed by atoms with Gasteiger partial charge in [-0.15, -0.1) is 12.4 Å². The van der Waals surface area contributed by atoms with Gasteiger partial charge in [0.1, 0.15) is 11.5 Å². The van der Waals surface area contributed by atoms with Crippen LogP contribution in [0.1, 0.15) is 13.8 Å². The first-order chi connectivity index (χ1) is 16.9. The number of fused-ring (bicyclic) bond motifs is 1. The molecule has 0 unspecified atom stereocenters. The molecular weight excluding hydrogens is 480 g/mol. The lowest BCUT2D eigenvalue weighted by atomic mass is 10.1. The summed E-state index contributed by atoms with van der Waals surface area (Å²) in [6.07, 6.45) is 4.82. The van der Waals surface area contributed by atoms with Crippen molar-refractivity contribution < 1.29 is 14.6 Å². The monoisotopic (exact) mass is 512 g/mol. The van der Waals surface area contributed by atoms with Crippen LogP contribution < -0.4 is 19.7 Å². The Morgan fingerprint density at radius 3 is 2.33 bits per heavy atom. The molecule has 1 atom stereocenters. The first-order valence-electron chi connectivity index (χ1n) is 11.5. The van der Waals surface area contributed by atoms with Crippen molar-refractivity contribution in [2.24, 2.45) is 7.05 Å². The molecule has 36 heavy (non-hydrogen) atoms. The van der Waals surface area contributed by atoms with E-state index < -0.39 is 6.10 Å². The fourth-order valence-electron chi connectivity index (χ4n) is 3.82. The number of aryl methyl sites for hydroxylation is 1. The highest BCUT2D eigenvalue weighted by Crippen LogP contribution is 2.34. The number of aromatic nitrogens is 4. The smallest absolute Gasteiger partial charge is 0.124 e. The number of rotatable bonds is 10. The van der Waals surface area contributed by atoms with Gasteiger partial charge in [0.25, 0.3) is 0 Å². The summed E-state index contributed by atoms with van der Waals surface area (Å²) >= 11 is 0. The average molecular weight is 513 g/mol. The number of aliphatic hydroxyl groups is 1. The summed E-state index contributed by atoms with van der Waals surface area (Å²) in [5, 5.41) is 18.4. The largest absolute Gasteiger partial charge is 0.497 e. The molecule has 0 saturated carbocycles. The Hall–Kier alpha value is -3.40. The quantitative estimate of drug-likeness (QED) is 0.329. The fraction of sp³-hybridized carbons (Fsp3) is 0.346. The third kappa shape index (κ3) is 6.42. The van der Waals surface area contributed by atoms with Crippen molar-refractivity contribution >= 4 is 34.8 Å². The molecule has 0 fully saturated rings. The predicted molar refractivity (Wildman–Crippen MR) is 145 cm³/mol. The summed E-state index contributed by atoms with van der Waals surface area (Å²) in [6, 6.07) is 11.8. The van der Waals surface area contributed by atoms with E-state index in [-0.39, 0.29) is 18.4 Å². The van der Waals surface area contributed by atoms with Gasteiger partial charge in [0.05, 0.1) is 56.0 Å². The maximum Gasteiger partial charge on any atom is 0.124 e. The van der Waals surface area contributed by atoms with Gasteiger partial charge in [0.15, 0.2) is 0 Å². The van der Waals surface area contributed by atoms with E-state index in [1.807, 2.05) is 54.5 Å². The summed E-state index contributed by atoms with van der Waals surface area (Å²) in [7, 11) is 5.11. The van der Waals surface area contributed by atoms with Crippen molar-refractivity contribution in [2.45, 2.75) is 26.0 Å². The molecule has 4 aromatic rings. The topological polar surface area (TPSA) is 97.6 Å². The van der Waals surface area contributed by atoms with Crippen molar-refractivity contribution in [1.82, 2.24) is 25.1 Å². The molecule has 2 aromatic heterocycles. The molecule has 0 amide bonds. The molecule has 0 aliphatic heterocycles. The summed E-state index contributed by atoms with van der Waals surface area (Å²) in [5.41, 5.74) is 4.88. The number of anilines is 2. The van der Waals surface area contributed by atoms with Crippen molar-refractivity contribution in [2.75, 3.05) is 32.2 Å². The molecule has 0 spiro atoms. The number of ether oxygens (including phenoxy) is 2. The molecule has 9 nitrogen and oxygen atoms in total. The molecule has 0 saturated heterocycles. The Balaban J connectivity index is 0.00000361. The zero-order chi connectivity index (χ0) is 24.9. The number of methoxy groups -OCH3 is 2. The van der Waals surface area contributed by atoms with Crippen LogP contribution in [0, 0.1) is 0 Å². The van der Waals surface area contributed by atoms with Crippen molar-refractivity contribution in [3.63, 3.8) is 0 Å². The van der Waals surface area contributed by atoms with E-state index in [9.17, 15) is 5.11 Å². The Morgan fingerprint density at radius 2 is 1.72 bits per heavy atom. The summed E-state index contributed by atoms with van der Waals surface area (Å²) < 4.78 is 12.7. The maximum absolute atomic E-state index is 10.8. The molecule has 4 rings (SSSR count). The van der Waals surface area contributed by atoms with Gasteiger partial charge in [-0.3, -0.25) is 9.67 Å². The van der Waals surface area contributed by atoms with Crippen molar-refractivity contribution in [3.05, 3.63) is 55.0 Å². The maximum atomic E-state index is 10.8. The Kier molecular flexibility index (Phi) is 9.08. The van der Waals surface area contributed by atoms with E-state index in [1.165, 1.54) is 0 Å². The molecule has 2 heterocycles. The van der Waals surface area contributed by atoms with Gasteiger partial charge in [-0.1, -0.05) is 13.8 Å². The minimum Gasteiger partial charge on any atom is -0.497 e. The van der Waals surface area contributed by atoms with E-state index in [0.717, 1.165) is 33.7 Å². The number of benzene rings is 2. The van der Waals surface area contributed by atoms with Gasteiger partial charge < -0.3 is 24.8 Å². The normalized spacial score (nSPS) is 11.9. The number of nitrogens with zero attached hydrogens (tertiary/aromatic N) is 5. The van der Waals surface area contributed by atoms with Crippen LogP contribution in [0.5, 0.6) is 11.5 Å². The molecular formula is C26H33ClN6O3. The van der Waals surface area contributed by atoms with Crippen molar-refractivity contribution in [3.8, 4) is 22.8 Å². The molecule has 192 valence electrons. The van der Waals surface area contributed by atoms with Gasteiger partial charge in [-0.25, -0.2) is 4.98 Å². The lowest BCUT2D eigenvalue weighted by Gasteiger charge is -2.29. The highest BCUT2D eigenvalue weighted by molar-refractivity contribution is 5.85. The van der Waals surface area contributed by atoms with Gasteiger partial charge >= 0.3 is 0 Å². The summed E-state index contributed by atoms with van der Waals surface area (Å²) in [6.45, 7) is 4.93. The minimum absolute atomic E-state index is 0. The molecule has 10 heteroatoms. The molecule has 2 aromatic carbocycles. The van der Waals surface area contributed by atoms with Crippen LogP contribution in [0.15, 0.2) is 55.0 Å². The second-order valence-electron chi connectivity index (χ2n) is 8.73. The number of hydrogen-bond donors (Lipinski definition) is 2.